The lowest BCUT2D eigenvalue weighted by Gasteiger charge is -2.02. The fourth-order valence-electron chi connectivity index (χ4n) is 1.92. The fraction of sp³-hybridized carbons (Fsp3) is 0.308. The van der Waals surface area contributed by atoms with Crippen molar-refractivity contribution in [2.24, 2.45) is 0 Å². The first kappa shape index (κ1) is 12.2. The minimum absolute atomic E-state index is 0.266. The number of rotatable bonds is 2. The number of esters is 1. The van der Waals surface area contributed by atoms with Crippen molar-refractivity contribution in [2.45, 2.75) is 20.8 Å². The van der Waals surface area contributed by atoms with Crippen LogP contribution in [-0.4, -0.2) is 17.6 Å². The molecule has 0 spiro atoms. The van der Waals surface area contributed by atoms with Crippen LogP contribution in [0.5, 0.6) is 0 Å². The molecule has 2 aromatic rings. The topological polar surface area (TPSA) is 42.1 Å². The quantitative estimate of drug-likeness (QED) is 0.858. The summed E-state index contributed by atoms with van der Waals surface area (Å²) in [6.07, 6.45) is 0. The average Bonchev–Trinajstić information content (AvgIpc) is 2.55. The van der Waals surface area contributed by atoms with E-state index in [2.05, 4.69) is 20.9 Å². The van der Waals surface area contributed by atoms with Gasteiger partial charge in [0.15, 0.2) is 0 Å². The molecule has 0 aliphatic rings. The molecule has 1 heterocycles. The second kappa shape index (κ2) is 4.53. The van der Waals surface area contributed by atoms with Crippen LogP contribution in [0.3, 0.4) is 0 Å². The van der Waals surface area contributed by atoms with Gasteiger partial charge in [-0.15, -0.1) is 0 Å². The first-order valence-electron chi connectivity index (χ1n) is 5.50. The van der Waals surface area contributed by atoms with E-state index >= 15 is 0 Å². The summed E-state index contributed by atoms with van der Waals surface area (Å²) in [6.45, 7) is 6.08. The van der Waals surface area contributed by atoms with Gasteiger partial charge in [-0.2, -0.15) is 0 Å². The fourth-order valence-corrected chi connectivity index (χ4v) is 2.27. The van der Waals surface area contributed by atoms with Crippen LogP contribution < -0.4 is 0 Å². The number of carbonyl (C=O) groups is 1. The van der Waals surface area contributed by atoms with Crippen molar-refractivity contribution in [3.05, 3.63) is 33.4 Å². The smallest absolute Gasteiger partial charge is 0.340 e. The third-order valence-corrected chi connectivity index (χ3v) is 3.60. The van der Waals surface area contributed by atoms with E-state index in [1.54, 1.807) is 0 Å². The summed E-state index contributed by atoms with van der Waals surface area (Å²) < 4.78 is 6.10. The number of nitrogens with one attached hydrogen (secondary N) is 1. The van der Waals surface area contributed by atoms with E-state index < -0.39 is 0 Å². The van der Waals surface area contributed by atoms with E-state index in [0.717, 1.165) is 26.6 Å². The molecule has 0 aliphatic heterocycles. The molecule has 17 heavy (non-hydrogen) atoms. The first-order valence-corrected chi connectivity index (χ1v) is 6.29. The van der Waals surface area contributed by atoms with Crippen LogP contribution in [0, 0.1) is 13.8 Å². The minimum atomic E-state index is -0.266. The number of aryl methyl sites for hydroxylation is 2. The second-order valence-corrected chi connectivity index (χ2v) is 4.85. The molecule has 3 nitrogen and oxygen atoms in total. The lowest BCUT2D eigenvalue weighted by atomic mass is 10.1. The van der Waals surface area contributed by atoms with E-state index in [0.29, 0.717) is 12.2 Å². The SMILES string of the molecule is CCOC(=O)c1c(C)[nH]c2cc(Br)c(C)cc12. The average molecular weight is 296 g/mol. The Hall–Kier alpha value is -1.29. The predicted molar refractivity (Wildman–Crippen MR) is 71.4 cm³/mol. The number of aromatic nitrogens is 1. The van der Waals surface area contributed by atoms with Crippen LogP contribution >= 0.6 is 15.9 Å². The summed E-state index contributed by atoms with van der Waals surface area (Å²) in [5, 5.41) is 0.918. The maximum Gasteiger partial charge on any atom is 0.340 e. The Balaban J connectivity index is 2.66. The van der Waals surface area contributed by atoms with Crippen molar-refractivity contribution in [1.82, 2.24) is 4.98 Å². The molecule has 0 aliphatic carbocycles. The van der Waals surface area contributed by atoms with Crippen molar-refractivity contribution in [2.75, 3.05) is 6.61 Å². The molecule has 1 aromatic heterocycles. The van der Waals surface area contributed by atoms with Crippen molar-refractivity contribution in [3.8, 4) is 0 Å². The maximum absolute atomic E-state index is 11.9. The van der Waals surface area contributed by atoms with E-state index in [1.807, 2.05) is 32.9 Å². The van der Waals surface area contributed by atoms with Gasteiger partial charge in [0.1, 0.15) is 0 Å². The Kier molecular flexibility index (Phi) is 3.24. The van der Waals surface area contributed by atoms with Crippen LogP contribution in [0.15, 0.2) is 16.6 Å². The van der Waals surface area contributed by atoms with Gasteiger partial charge in [0.2, 0.25) is 0 Å². The van der Waals surface area contributed by atoms with Gasteiger partial charge in [0.05, 0.1) is 12.2 Å². The molecule has 0 bridgehead atoms. The molecule has 4 heteroatoms. The molecule has 2 rings (SSSR count). The molecule has 0 radical (unpaired) electrons. The van der Waals surface area contributed by atoms with Gasteiger partial charge in [-0.05, 0) is 38.5 Å². The Bertz CT molecular complexity index is 587. The van der Waals surface area contributed by atoms with Crippen LogP contribution in [0.2, 0.25) is 0 Å². The standard InChI is InChI=1S/C13H14BrNO2/c1-4-17-13(16)12-8(3)15-11-6-10(14)7(2)5-9(11)12/h5-6,15H,4H2,1-3H3. The number of fused-ring (bicyclic) bond motifs is 1. The zero-order chi connectivity index (χ0) is 12.6. The zero-order valence-corrected chi connectivity index (χ0v) is 11.6. The van der Waals surface area contributed by atoms with Gasteiger partial charge < -0.3 is 9.72 Å². The molecule has 1 N–H and O–H groups in total. The number of ether oxygens (including phenoxy) is 1. The van der Waals surface area contributed by atoms with Gasteiger partial charge in [-0.25, -0.2) is 4.79 Å². The first-order chi connectivity index (χ1) is 8.04. The van der Waals surface area contributed by atoms with E-state index in [4.69, 9.17) is 4.74 Å². The summed E-state index contributed by atoms with van der Waals surface area (Å²) in [4.78, 5) is 15.1. The van der Waals surface area contributed by atoms with E-state index in [9.17, 15) is 4.79 Å². The number of halogens is 1. The molecule has 0 saturated carbocycles. The van der Waals surface area contributed by atoms with Crippen molar-refractivity contribution in [3.63, 3.8) is 0 Å². The molecule has 90 valence electrons. The highest BCUT2D eigenvalue weighted by molar-refractivity contribution is 9.10. The van der Waals surface area contributed by atoms with E-state index in [-0.39, 0.29) is 5.97 Å². The van der Waals surface area contributed by atoms with Crippen LogP contribution in [0.4, 0.5) is 0 Å². The summed E-state index contributed by atoms with van der Waals surface area (Å²) in [5.41, 5.74) is 3.53. The maximum atomic E-state index is 11.9. The largest absolute Gasteiger partial charge is 0.462 e. The normalized spacial score (nSPS) is 10.8. The van der Waals surface area contributed by atoms with Gasteiger partial charge >= 0.3 is 5.97 Å². The summed E-state index contributed by atoms with van der Waals surface area (Å²) in [7, 11) is 0. The Morgan fingerprint density at radius 2 is 2.12 bits per heavy atom. The molecule has 0 atom stereocenters. The summed E-state index contributed by atoms with van der Waals surface area (Å²) >= 11 is 3.48. The minimum Gasteiger partial charge on any atom is -0.462 e. The van der Waals surface area contributed by atoms with Crippen molar-refractivity contribution < 1.29 is 9.53 Å². The number of aromatic amines is 1. The monoisotopic (exact) mass is 295 g/mol. The number of hydrogen-bond acceptors (Lipinski definition) is 2. The highest BCUT2D eigenvalue weighted by Crippen LogP contribution is 2.28. The third kappa shape index (κ3) is 2.09. The van der Waals surface area contributed by atoms with Gasteiger partial charge in [0.25, 0.3) is 0 Å². The Morgan fingerprint density at radius 1 is 1.41 bits per heavy atom. The molecule has 0 saturated heterocycles. The lowest BCUT2D eigenvalue weighted by molar-refractivity contribution is 0.0528. The Labute approximate surface area is 108 Å². The van der Waals surface area contributed by atoms with Crippen molar-refractivity contribution in [1.29, 1.82) is 0 Å². The molecule has 0 fully saturated rings. The van der Waals surface area contributed by atoms with Crippen LogP contribution in [0.25, 0.3) is 10.9 Å². The molecule has 1 aromatic carbocycles. The molecular formula is C13H14BrNO2. The molecule has 0 unspecified atom stereocenters. The number of carbonyl (C=O) groups excluding carboxylic acids is 1. The zero-order valence-electron chi connectivity index (χ0n) is 10.1. The van der Waals surface area contributed by atoms with Gasteiger partial charge in [0, 0.05) is 21.1 Å². The van der Waals surface area contributed by atoms with Crippen LogP contribution in [0.1, 0.15) is 28.5 Å². The molecule has 0 amide bonds. The van der Waals surface area contributed by atoms with Gasteiger partial charge in [-0.1, -0.05) is 15.9 Å². The highest BCUT2D eigenvalue weighted by Gasteiger charge is 2.17. The van der Waals surface area contributed by atoms with E-state index in [1.165, 1.54) is 0 Å². The Morgan fingerprint density at radius 3 is 2.76 bits per heavy atom. The third-order valence-electron chi connectivity index (χ3n) is 2.74. The lowest BCUT2D eigenvalue weighted by Crippen LogP contribution is -2.05. The highest BCUT2D eigenvalue weighted by atomic mass is 79.9. The summed E-state index contributed by atoms with van der Waals surface area (Å²) in [5.74, 6) is -0.266. The van der Waals surface area contributed by atoms with Crippen LogP contribution in [-0.2, 0) is 4.74 Å². The second-order valence-electron chi connectivity index (χ2n) is 3.99. The molecular weight excluding hydrogens is 282 g/mol. The number of H-pyrrole nitrogens is 1. The summed E-state index contributed by atoms with van der Waals surface area (Å²) in [6, 6.07) is 3.98. The predicted octanol–water partition coefficient (Wildman–Crippen LogP) is 3.72. The van der Waals surface area contributed by atoms with Gasteiger partial charge in [-0.3, -0.25) is 0 Å². The van der Waals surface area contributed by atoms with Crippen molar-refractivity contribution >= 4 is 32.8 Å². The number of benzene rings is 1. The number of hydrogen-bond donors (Lipinski definition) is 1.